The van der Waals surface area contributed by atoms with E-state index in [4.69, 9.17) is 9.47 Å². The minimum Gasteiger partial charge on any atom is -0.497 e. The van der Waals surface area contributed by atoms with E-state index >= 15 is 0 Å². The molecule has 4 atom stereocenters. The number of ether oxygens (including phenoxy) is 2. The number of aryl methyl sites for hydroxylation is 1. The zero-order valence-electron chi connectivity index (χ0n) is 17.9. The van der Waals surface area contributed by atoms with Crippen LogP contribution in [0.25, 0.3) is 0 Å². The standard InChI is InChI=1S/C24H33IO3Si/c1-17-22(14-7-18-5-8-19(25)9-6-18)28-23(15-16-26)24(17)29(3,4)21-12-10-20(27-2)11-13-21/h5-6,8-13,17,22-24,26H,7,14-16H2,1-4H3/t17-,22+,23-,24+/m1/s1. The van der Waals surface area contributed by atoms with E-state index in [-0.39, 0.29) is 18.8 Å². The molecule has 158 valence electrons. The van der Waals surface area contributed by atoms with Crippen molar-refractivity contribution in [1.82, 2.24) is 0 Å². The number of aliphatic hydroxyl groups is 1. The topological polar surface area (TPSA) is 38.7 Å². The van der Waals surface area contributed by atoms with Gasteiger partial charge in [-0.2, -0.15) is 0 Å². The van der Waals surface area contributed by atoms with Crippen molar-refractivity contribution in [3.05, 3.63) is 57.7 Å². The van der Waals surface area contributed by atoms with Crippen LogP contribution in [-0.4, -0.2) is 39.1 Å². The predicted octanol–water partition coefficient (Wildman–Crippen LogP) is 5.00. The smallest absolute Gasteiger partial charge is 0.118 e. The SMILES string of the molecule is COc1ccc([Si](C)(C)[C@H]2[C@H](C)[C@H](CCc3ccc(I)cc3)O[C@@H]2CCO)cc1. The van der Waals surface area contributed by atoms with Crippen molar-refractivity contribution in [1.29, 1.82) is 0 Å². The molecule has 0 spiro atoms. The normalized spacial score (nSPS) is 24.6. The molecule has 0 aromatic heterocycles. The molecule has 0 saturated carbocycles. The molecule has 1 heterocycles. The average molecular weight is 525 g/mol. The van der Waals surface area contributed by atoms with Crippen LogP contribution < -0.4 is 9.92 Å². The van der Waals surface area contributed by atoms with Crippen molar-refractivity contribution >= 4 is 35.9 Å². The van der Waals surface area contributed by atoms with Gasteiger partial charge in [0.25, 0.3) is 0 Å². The number of hydrogen-bond acceptors (Lipinski definition) is 3. The number of hydrogen-bond donors (Lipinski definition) is 1. The summed E-state index contributed by atoms with van der Waals surface area (Å²) in [5, 5.41) is 11.1. The molecule has 0 bridgehead atoms. The van der Waals surface area contributed by atoms with E-state index in [1.807, 2.05) is 0 Å². The van der Waals surface area contributed by atoms with E-state index in [1.165, 1.54) is 14.3 Å². The van der Waals surface area contributed by atoms with E-state index in [0.29, 0.717) is 11.5 Å². The molecule has 3 nitrogen and oxygen atoms in total. The van der Waals surface area contributed by atoms with Crippen molar-refractivity contribution in [2.24, 2.45) is 5.92 Å². The third-order valence-corrected chi connectivity index (χ3v) is 11.7. The van der Waals surface area contributed by atoms with Gasteiger partial charge in [-0.3, -0.25) is 0 Å². The Bertz CT molecular complexity index is 776. The number of rotatable bonds is 8. The summed E-state index contributed by atoms with van der Waals surface area (Å²) in [4.78, 5) is 0. The highest BCUT2D eigenvalue weighted by molar-refractivity contribution is 14.1. The Morgan fingerprint density at radius 1 is 1.00 bits per heavy atom. The molecule has 5 heteroatoms. The molecule has 0 radical (unpaired) electrons. The Morgan fingerprint density at radius 2 is 1.66 bits per heavy atom. The van der Waals surface area contributed by atoms with Gasteiger partial charge in [-0.05, 0) is 83.1 Å². The maximum Gasteiger partial charge on any atom is 0.118 e. The molecule has 1 aliphatic heterocycles. The third-order valence-electron chi connectivity index (χ3n) is 6.61. The van der Waals surface area contributed by atoms with Crippen molar-refractivity contribution in [3.63, 3.8) is 0 Å². The second-order valence-corrected chi connectivity index (χ2v) is 14.7. The van der Waals surface area contributed by atoms with Gasteiger partial charge in [0.1, 0.15) is 5.75 Å². The van der Waals surface area contributed by atoms with Crippen molar-refractivity contribution in [2.45, 2.75) is 57.0 Å². The highest BCUT2D eigenvalue weighted by atomic mass is 127. The third kappa shape index (κ3) is 5.24. The van der Waals surface area contributed by atoms with Gasteiger partial charge in [0.2, 0.25) is 0 Å². The van der Waals surface area contributed by atoms with Crippen LogP contribution in [0.5, 0.6) is 5.75 Å². The fourth-order valence-electron chi connectivity index (χ4n) is 5.00. The first-order valence-corrected chi connectivity index (χ1v) is 14.7. The summed E-state index contributed by atoms with van der Waals surface area (Å²) in [5.74, 6) is 1.38. The van der Waals surface area contributed by atoms with Gasteiger partial charge < -0.3 is 14.6 Å². The van der Waals surface area contributed by atoms with Gasteiger partial charge in [-0.1, -0.05) is 49.5 Å². The van der Waals surface area contributed by atoms with Crippen LogP contribution in [0.3, 0.4) is 0 Å². The minimum atomic E-state index is -1.80. The molecule has 0 amide bonds. The van der Waals surface area contributed by atoms with Crippen LogP contribution in [0.1, 0.15) is 25.3 Å². The molecular weight excluding hydrogens is 491 g/mol. The van der Waals surface area contributed by atoms with E-state index in [0.717, 1.165) is 25.0 Å². The van der Waals surface area contributed by atoms with E-state index in [2.05, 4.69) is 91.1 Å². The molecule has 1 saturated heterocycles. The molecule has 3 rings (SSSR count). The molecule has 2 aromatic rings. The summed E-state index contributed by atoms with van der Waals surface area (Å²) < 4.78 is 13.2. The zero-order chi connectivity index (χ0) is 21.0. The van der Waals surface area contributed by atoms with Crippen molar-refractivity contribution < 1.29 is 14.6 Å². The zero-order valence-corrected chi connectivity index (χ0v) is 21.1. The van der Waals surface area contributed by atoms with Crippen LogP contribution in [0.15, 0.2) is 48.5 Å². The van der Waals surface area contributed by atoms with Crippen LogP contribution in [0, 0.1) is 9.49 Å². The number of methoxy groups -OCH3 is 1. The molecule has 1 aliphatic rings. The second kappa shape index (κ2) is 9.94. The lowest BCUT2D eigenvalue weighted by Crippen LogP contribution is -2.50. The highest BCUT2D eigenvalue weighted by Gasteiger charge is 2.50. The van der Waals surface area contributed by atoms with Crippen molar-refractivity contribution in [3.8, 4) is 5.75 Å². The molecular formula is C24H33IO3Si. The van der Waals surface area contributed by atoms with Crippen LogP contribution >= 0.6 is 22.6 Å². The first-order valence-electron chi connectivity index (χ1n) is 10.5. The fraction of sp³-hybridized carbons (Fsp3) is 0.500. The van der Waals surface area contributed by atoms with Gasteiger partial charge in [0, 0.05) is 10.2 Å². The van der Waals surface area contributed by atoms with E-state index < -0.39 is 8.07 Å². The van der Waals surface area contributed by atoms with Gasteiger partial charge in [0.15, 0.2) is 0 Å². The van der Waals surface area contributed by atoms with Gasteiger partial charge in [-0.25, -0.2) is 0 Å². The maximum atomic E-state index is 9.67. The molecule has 29 heavy (non-hydrogen) atoms. The molecule has 0 unspecified atom stereocenters. The lowest BCUT2D eigenvalue weighted by atomic mass is 9.95. The summed E-state index contributed by atoms with van der Waals surface area (Å²) in [6, 6.07) is 17.4. The quantitative estimate of drug-likeness (QED) is 0.390. The number of halogens is 1. The number of benzene rings is 2. The molecule has 1 N–H and O–H groups in total. The monoisotopic (exact) mass is 524 g/mol. The number of aliphatic hydroxyl groups excluding tert-OH is 1. The first kappa shape index (κ1) is 22.8. The Labute approximate surface area is 190 Å². The average Bonchev–Trinajstić information content (AvgIpc) is 3.03. The summed E-state index contributed by atoms with van der Waals surface area (Å²) in [7, 11) is -0.0874. The predicted molar refractivity (Wildman–Crippen MR) is 131 cm³/mol. The fourth-order valence-corrected chi connectivity index (χ4v) is 9.48. The van der Waals surface area contributed by atoms with Gasteiger partial charge in [0.05, 0.1) is 27.4 Å². The van der Waals surface area contributed by atoms with Crippen LogP contribution in [0.4, 0.5) is 0 Å². The molecule has 1 fully saturated rings. The Morgan fingerprint density at radius 3 is 2.24 bits per heavy atom. The second-order valence-electron chi connectivity index (χ2n) is 8.73. The summed E-state index contributed by atoms with van der Waals surface area (Å²) in [5.41, 5.74) is 1.86. The maximum absolute atomic E-state index is 9.67. The summed E-state index contributed by atoms with van der Waals surface area (Å²) in [6.45, 7) is 7.44. The molecule has 0 aliphatic carbocycles. The van der Waals surface area contributed by atoms with Gasteiger partial charge in [-0.15, -0.1) is 0 Å². The van der Waals surface area contributed by atoms with E-state index in [1.54, 1.807) is 7.11 Å². The largest absolute Gasteiger partial charge is 0.497 e. The van der Waals surface area contributed by atoms with Crippen molar-refractivity contribution in [2.75, 3.05) is 13.7 Å². The lowest BCUT2D eigenvalue weighted by Gasteiger charge is -2.36. The summed E-state index contributed by atoms with van der Waals surface area (Å²) in [6.07, 6.45) is 3.19. The Hall–Kier alpha value is -0.893. The van der Waals surface area contributed by atoms with Crippen LogP contribution in [0.2, 0.25) is 18.6 Å². The Balaban J connectivity index is 1.77. The van der Waals surface area contributed by atoms with Crippen LogP contribution in [-0.2, 0) is 11.2 Å². The molecule has 2 aromatic carbocycles. The first-order chi connectivity index (χ1) is 13.9. The van der Waals surface area contributed by atoms with E-state index in [9.17, 15) is 5.11 Å². The minimum absolute atomic E-state index is 0.139. The Kier molecular flexibility index (Phi) is 7.81. The lowest BCUT2D eigenvalue weighted by molar-refractivity contribution is 0.0196. The van der Waals surface area contributed by atoms with Gasteiger partial charge >= 0.3 is 0 Å². The highest BCUT2D eigenvalue weighted by Crippen LogP contribution is 2.46. The summed E-state index contributed by atoms with van der Waals surface area (Å²) >= 11 is 2.35.